The van der Waals surface area contributed by atoms with Crippen LogP contribution >= 0.6 is 22.6 Å². The Morgan fingerprint density at radius 3 is 2.87 bits per heavy atom. The van der Waals surface area contributed by atoms with E-state index < -0.39 is 0 Å². The van der Waals surface area contributed by atoms with Crippen molar-refractivity contribution in [2.75, 3.05) is 14.1 Å². The number of hydrogen-bond acceptors (Lipinski definition) is 2. The second kappa shape index (κ2) is 3.80. The van der Waals surface area contributed by atoms with Gasteiger partial charge in [-0.3, -0.25) is 9.89 Å². The average Bonchev–Trinajstić information content (AvgIpc) is 2.59. The van der Waals surface area contributed by atoms with Gasteiger partial charge in [-0.2, -0.15) is 5.10 Å². The summed E-state index contributed by atoms with van der Waals surface area (Å²) in [4.78, 5) is 13.3. The van der Waals surface area contributed by atoms with Crippen LogP contribution in [0.3, 0.4) is 0 Å². The third-order valence-corrected chi connectivity index (χ3v) is 2.80. The summed E-state index contributed by atoms with van der Waals surface area (Å²) in [6, 6.07) is 5.84. The largest absolute Gasteiger partial charge is 0.343 e. The maximum absolute atomic E-state index is 11.7. The van der Waals surface area contributed by atoms with Crippen molar-refractivity contribution in [1.29, 1.82) is 0 Å². The summed E-state index contributed by atoms with van der Waals surface area (Å²) in [6.45, 7) is 0. The summed E-state index contributed by atoms with van der Waals surface area (Å²) in [5.41, 5.74) is 1.37. The van der Waals surface area contributed by atoms with Crippen molar-refractivity contribution in [2.45, 2.75) is 0 Å². The highest BCUT2D eigenvalue weighted by molar-refractivity contribution is 14.1. The predicted molar refractivity (Wildman–Crippen MR) is 66.8 cm³/mol. The molecule has 0 spiro atoms. The van der Waals surface area contributed by atoms with Crippen LogP contribution in [0.5, 0.6) is 0 Å². The van der Waals surface area contributed by atoms with E-state index in [-0.39, 0.29) is 5.91 Å². The zero-order chi connectivity index (χ0) is 11.0. The normalized spacial score (nSPS) is 10.6. The molecule has 1 heterocycles. The number of nitrogens with zero attached hydrogens (tertiary/aromatic N) is 2. The van der Waals surface area contributed by atoms with Crippen molar-refractivity contribution in [1.82, 2.24) is 15.1 Å². The molecule has 5 heteroatoms. The van der Waals surface area contributed by atoms with Crippen molar-refractivity contribution in [3.63, 3.8) is 0 Å². The first-order valence-electron chi connectivity index (χ1n) is 4.45. The minimum Gasteiger partial charge on any atom is -0.343 e. The van der Waals surface area contributed by atoms with Gasteiger partial charge in [0.25, 0.3) is 5.91 Å². The van der Waals surface area contributed by atoms with Gasteiger partial charge in [-0.1, -0.05) is 0 Å². The minimum absolute atomic E-state index is 0.0811. The molecular formula is C10H10IN3O. The highest BCUT2D eigenvalue weighted by atomic mass is 127. The van der Waals surface area contributed by atoms with Crippen LogP contribution in [-0.2, 0) is 0 Å². The molecule has 0 saturated carbocycles. The van der Waals surface area contributed by atoms with Crippen LogP contribution in [0, 0.1) is 3.57 Å². The average molecular weight is 315 g/mol. The highest BCUT2D eigenvalue weighted by Crippen LogP contribution is 2.19. The molecule has 1 aromatic heterocycles. The summed E-state index contributed by atoms with van der Waals surface area (Å²) in [5, 5.41) is 7.77. The zero-order valence-electron chi connectivity index (χ0n) is 8.41. The fourth-order valence-electron chi connectivity index (χ4n) is 1.37. The zero-order valence-corrected chi connectivity index (χ0v) is 10.6. The highest BCUT2D eigenvalue weighted by Gasteiger charge is 2.15. The Kier molecular flexibility index (Phi) is 2.64. The van der Waals surface area contributed by atoms with Gasteiger partial charge in [-0.25, -0.2) is 0 Å². The quantitative estimate of drug-likeness (QED) is 0.817. The Morgan fingerprint density at radius 1 is 1.47 bits per heavy atom. The molecule has 0 fully saturated rings. The summed E-state index contributed by atoms with van der Waals surface area (Å²) in [5.74, 6) is -0.0811. The lowest BCUT2D eigenvalue weighted by atomic mass is 10.2. The number of aromatic amines is 1. The van der Waals surface area contributed by atoms with Gasteiger partial charge < -0.3 is 4.90 Å². The molecule has 2 aromatic rings. The third-order valence-electron chi connectivity index (χ3n) is 2.13. The number of fused-ring (bicyclic) bond motifs is 1. The molecular weight excluding hydrogens is 305 g/mol. The number of halogens is 1. The molecule has 1 aromatic carbocycles. The molecule has 4 nitrogen and oxygen atoms in total. The van der Waals surface area contributed by atoms with Crippen molar-refractivity contribution in [2.24, 2.45) is 0 Å². The second-order valence-electron chi connectivity index (χ2n) is 3.46. The maximum atomic E-state index is 11.7. The van der Waals surface area contributed by atoms with Crippen LogP contribution in [-0.4, -0.2) is 35.1 Å². The van der Waals surface area contributed by atoms with Crippen molar-refractivity contribution < 1.29 is 4.79 Å². The lowest BCUT2D eigenvalue weighted by molar-refractivity contribution is 0.0824. The number of H-pyrrole nitrogens is 1. The van der Waals surface area contributed by atoms with Gasteiger partial charge in [-0.15, -0.1) is 0 Å². The van der Waals surface area contributed by atoms with Gasteiger partial charge in [0, 0.05) is 23.1 Å². The number of benzene rings is 1. The SMILES string of the molecule is CN(C)C(=O)c1n[nH]c2cc(I)ccc12. The van der Waals surface area contributed by atoms with Crippen LogP contribution in [0.4, 0.5) is 0 Å². The molecule has 2 rings (SSSR count). The maximum Gasteiger partial charge on any atom is 0.274 e. The van der Waals surface area contributed by atoms with Crippen molar-refractivity contribution >= 4 is 39.4 Å². The number of carbonyl (C=O) groups excluding carboxylic acids is 1. The van der Waals surface area contributed by atoms with E-state index in [1.54, 1.807) is 14.1 Å². The van der Waals surface area contributed by atoms with E-state index in [4.69, 9.17) is 0 Å². The lowest BCUT2D eigenvalue weighted by Gasteiger charge is -2.07. The van der Waals surface area contributed by atoms with Crippen molar-refractivity contribution in [3.05, 3.63) is 27.5 Å². The Morgan fingerprint density at radius 2 is 2.20 bits per heavy atom. The summed E-state index contributed by atoms with van der Waals surface area (Å²) < 4.78 is 1.12. The fourth-order valence-corrected chi connectivity index (χ4v) is 1.86. The molecule has 0 aliphatic carbocycles. The lowest BCUT2D eigenvalue weighted by Crippen LogP contribution is -2.22. The van der Waals surface area contributed by atoms with Crippen LogP contribution in [0.2, 0.25) is 0 Å². The molecule has 78 valence electrons. The molecule has 0 aliphatic rings. The van der Waals surface area contributed by atoms with Gasteiger partial charge in [0.15, 0.2) is 5.69 Å². The van der Waals surface area contributed by atoms with E-state index in [9.17, 15) is 4.79 Å². The Balaban J connectivity index is 2.59. The Labute approximate surface area is 101 Å². The van der Waals surface area contributed by atoms with Crippen LogP contribution in [0.25, 0.3) is 10.9 Å². The number of nitrogens with one attached hydrogen (secondary N) is 1. The van der Waals surface area contributed by atoms with E-state index in [2.05, 4.69) is 32.8 Å². The fraction of sp³-hybridized carbons (Fsp3) is 0.200. The number of aromatic nitrogens is 2. The van der Waals surface area contributed by atoms with Gasteiger partial charge in [0.1, 0.15) is 0 Å². The Bertz CT molecular complexity index is 518. The van der Waals surface area contributed by atoms with Gasteiger partial charge >= 0.3 is 0 Å². The summed E-state index contributed by atoms with van der Waals surface area (Å²) in [6.07, 6.45) is 0. The molecule has 0 radical (unpaired) electrons. The first kappa shape index (κ1) is 10.4. The van der Waals surface area contributed by atoms with E-state index in [1.807, 2.05) is 18.2 Å². The number of amides is 1. The molecule has 0 saturated heterocycles. The predicted octanol–water partition coefficient (Wildman–Crippen LogP) is 1.87. The number of carbonyl (C=O) groups is 1. The third kappa shape index (κ3) is 1.83. The van der Waals surface area contributed by atoms with E-state index >= 15 is 0 Å². The monoisotopic (exact) mass is 315 g/mol. The number of rotatable bonds is 1. The van der Waals surface area contributed by atoms with Crippen LogP contribution in [0.1, 0.15) is 10.5 Å². The van der Waals surface area contributed by atoms with Crippen LogP contribution in [0.15, 0.2) is 18.2 Å². The first-order chi connectivity index (χ1) is 7.09. The van der Waals surface area contributed by atoms with E-state index in [0.29, 0.717) is 5.69 Å². The number of hydrogen-bond donors (Lipinski definition) is 1. The molecule has 0 aliphatic heterocycles. The standard InChI is InChI=1S/C10H10IN3O/c1-14(2)10(15)9-7-4-3-6(11)5-8(7)12-13-9/h3-5H,1-2H3,(H,12,13). The molecule has 0 atom stereocenters. The summed E-state index contributed by atoms with van der Waals surface area (Å²) in [7, 11) is 3.44. The van der Waals surface area contributed by atoms with Gasteiger partial charge in [-0.05, 0) is 40.8 Å². The molecule has 1 N–H and O–H groups in total. The Hall–Kier alpha value is -1.11. The van der Waals surface area contributed by atoms with Crippen molar-refractivity contribution in [3.8, 4) is 0 Å². The smallest absolute Gasteiger partial charge is 0.274 e. The molecule has 0 unspecified atom stereocenters. The van der Waals surface area contributed by atoms with Gasteiger partial charge in [0.05, 0.1) is 5.52 Å². The topological polar surface area (TPSA) is 49.0 Å². The van der Waals surface area contributed by atoms with Gasteiger partial charge in [0.2, 0.25) is 0 Å². The second-order valence-corrected chi connectivity index (χ2v) is 4.71. The van der Waals surface area contributed by atoms with Crippen LogP contribution < -0.4 is 0 Å². The van der Waals surface area contributed by atoms with E-state index in [0.717, 1.165) is 14.5 Å². The first-order valence-corrected chi connectivity index (χ1v) is 5.53. The van der Waals surface area contributed by atoms with E-state index in [1.165, 1.54) is 4.90 Å². The molecule has 1 amide bonds. The molecule has 15 heavy (non-hydrogen) atoms. The minimum atomic E-state index is -0.0811. The molecule has 0 bridgehead atoms. The summed E-state index contributed by atoms with van der Waals surface area (Å²) >= 11 is 2.22.